The molecule has 6 heteroatoms. The van der Waals surface area contributed by atoms with Crippen molar-refractivity contribution in [2.75, 3.05) is 20.1 Å². The molecule has 1 aromatic heterocycles. The number of pyridine rings is 1. The molecule has 0 bridgehead atoms. The molecule has 0 radical (unpaired) electrons. The van der Waals surface area contributed by atoms with E-state index in [9.17, 15) is 4.79 Å². The average molecular weight is 244 g/mol. The normalized spacial score (nSPS) is 14.6. The van der Waals surface area contributed by atoms with Crippen LogP contribution in [-0.4, -0.2) is 37.1 Å². The van der Waals surface area contributed by atoms with E-state index in [2.05, 4.69) is 15.6 Å². The van der Waals surface area contributed by atoms with Gasteiger partial charge in [-0.15, -0.1) is 12.4 Å². The lowest BCUT2D eigenvalue weighted by Crippen LogP contribution is -2.50. The molecule has 0 aromatic carbocycles. The van der Waals surface area contributed by atoms with Crippen LogP contribution in [-0.2, 0) is 0 Å². The Labute approximate surface area is 100.0 Å². The Morgan fingerprint density at radius 2 is 2.31 bits per heavy atom. The van der Waals surface area contributed by atoms with Crippen molar-refractivity contribution in [1.29, 1.82) is 0 Å². The van der Waals surface area contributed by atoms with E-state index in [0.717, 1.165) is 13.1 Å². The molecule has 1 aliphatic rings. The van der Waals surface area contributed by atoms with E-state index in [1.54, 1.807) is 25.4 Å². The average Bonchev–Trinajstić information content (AvgIpc) is 2.23. The van der Waals surface area contributed by atoms with E-state index in [0.29, 0.717) is 11.4 Å². The van der Waals surface area contributed by atoms with Crippen LogP contribution in [0.25, 0.3) is 0 Å². The fourth-order valence-electron chi connectivity index (χ4n) is 1.25. The second kappa shape index (κ2) is 5.67. The molecule has 2 N–H and O–H groups in total. The smallest absolute Gasteiger partial charge is 0.269 e. The van der Waals surface area contributed by atoms with Crippen LogP contribution < -0.4 is 15.4 Å². The van der Waals surface area contributed by atoms with E-state index < -0.39 is 0 Å². The number of halogens is 1. The number of hydrogen-bond acceptors (Lipinski definition) is 4. The predicted molar refractivity (Wildman–Crippen MR) is 62.2 cm³/mol. The fourth-order valence-corrected chi connectivity index (χ4v) is 1.25. The van der Waals surface area contributed by atoms with Crippen LogP contribution in [0, 0.1) is 0 Å². The van der Waals surface area contributed by atoms with Gasteiger partial charge in [-0.05, 0) is 12.1 Å². The minimum absolute atomic E-state index is 0. The Kier molecular flexibility index (Phi) is 4.52. The Morgan fingerprint density at radius 1 is 1.56 bits per heavy atom. The number of rotatable bonds is 3. The lowest BCUT2D eigenvalue weighted by Gasteiger charge is -2.27. The number of nitrogens with one attached hydrogen (secondary N) is 2. The van der Waals surface area contributed by atoms with E-state index >= 15 is 0 Å². The largest absolute Gasteiger partial charge is 0.486 e. The summed E-state index contributed by atoms with van der Waals surface area (Å²) in [5.41, 5.74) is 0.400. The topological polar surface area (TPSA) is 63.2 Å². The number of carbonyl (C=O) groups excluding carboxylic acids is 1. The Balaban J connectivity index is 0.00000128. The molecule has 2 heterocycles. The molecule has 0 spiro atoms. The van der Waals surface area contributed by atoms with Gasteiger partial charge in [0.25, 0.3) is 5.91 Å². The molecule has 1 amide bonds. The van der Waals surface area contributed by atoms with Gasteiger partial charge in [0.05, 0.1) is 6.20 Å². The summed E-state index contributed by atoms with van der Waals surface area (Å²) < 4.78 is 5.56. The second-order valence-corrected chi connectivity index (χ2v) is 3.36. The van der Waals surface area contributed by atoms with Crippen LogP contribution in [0.4, 0.5) is 0 Å². The van der Waals surface area contributed by atoms with Gasteiger partial charge in [0.1, 0.15) is 17.5 Å². The molecule has 5 nitrogen and oxygen atoms in total. The Hall–Kier alpha value is -1.33. The highest BCUT2D eigenvalue weighted by molar-refractivity contribution is 5.91. The van der Waals surface area contributed by atoms with Gasteiger partial charge in [-0.2, -0.15) is 0 Å². The van der Waals surface area contributed by atoms with Crippen molar-refractivity contribution in [2.24, 2.45) is 0 Å². The summed E-state index contributed by atoms with van der Waals surface area (Å²) in [6.07, 6.45) is 1.81. The first-order valence-corrected chi connectivity index (χ1v) is 4.85. The van der Waals surface area contributed by atoms with Gasteiger partial charge in [-0.1, -0.05) is 0 Å². The van der Waals surface area contributed by atoms with Crippen molar-refractivity contribution in [3.8, 4) is 5.75 Å². The number of carbonyl (C=O) groups is 1. The molecule has 1 saturated heterocycles. The lowest BCUT2D eigenvalue weighted by atomic mass is 10.2. The van der Waals surface area contributed by atoms with Crippen molar-refractivity contribution in [1.82, 2.24) is 15.6 Å². The summed E-state index contributed by atoms with van der Waals surface area (Å²) in [4.78, 5) is 15.2. The van der Waals surface area contributed by atoms with E-state index in [1.807, 2.05) is 0 Å². The fraction of sp³-hybridized carbons (Fsp3) is 0.400. The first-order valence-electron chi connectivity index (χ1n) is 4.85. The molecule has 1 fully saturated rings. The number of nitrogens with zero attached hydrogens (tertiary/aromatic N) is 1. The molecule has 0 unspecified atom stereocenters. The van der Waals surface area contributed by atoms with Crippen molar-refractivity contribution < 1.29 is 9.53 Å². The maximum absolute atomic E-state index is 11.2. The zero-order chi connectivity index (χ0) is 10.7. The maximum atomic E-state index is 11.2. The highest BCUT2D eigenvalue weighted by atomic mass is 35.5. The summed E-state index contributed by atoms with van der Waals surface area (Å²) in [5.74, 6) is 0.515. The van der Waals surface area contributed by atoms with Gasteiger partial charge in [-0.3, -0.25) is 4.79 Å². The third-order valence-electron chi connectivity index (χ3n) is 2.24. The van der Waals surface area contributed by atoms with Gasteiger partial charge in [-0.25, -0.2) is 4.98 Å². The molecule has 1 aromatic rings. The minimum Gasteiger partial charge on any atom is -0.486 e. The molecule has 1 aliphatic heterocycles. The van der Waals surface area contributed by atoms with Crippen molar-refractivity contribution in [3.63, 3.8) is 0 Å². The molecular weight excluding hydrogens is 230 g/mol. The van der Waals surface area contributed by atoms with Crippen LogP contribution in [0.2, 0.25) is 0 Å². The molecule has 0 aliphatic carbocycles. The summed E-state index contributed by atoms with van der Waals surface area (Å²) in [5, 5.41) is 5.62. The number of hydrogen-bond donors (Lipinski definition) is 2. The first-order chi connectivity index (χ1) is 7.29. The molecule has 0 atom stereocenters. The van der Waals surface area contributed by atoms with Gasteiger partial charge < -0.3 is 15.4 Å². The molecule has 2 rings (SSSR count). The summed E-state index contributed by atoms with van der Waals surface area (Å²) in [6.45, 7) is 1.74. The minimum atomic E-state index is -0.188. The third-order valence-corrected chi connectivity index (χ3v) is 2.24. The van der Waals surface area contributed by atoms with Crippen LogP contribution in [0.1, 0.15) is 10.5 Å². The molecular formula is C10H14ClN3O2. The van der Waals surface area contributed by atoms with Crippen LogP contribution >= 0.6 is 12.4 Å². The van der Waals surface area contributed by atoms with Gasteiger partial charge >= 0.3 is 0 Å². The van der Waals surface area contributed by atoms with Crippen molar-refractivity contribution in [2.45, 2.75) is 6.10 Å². The SMILES string of the molecule is CNC(=O)c1ccc(OC2CNC2)cn1.Cl. The molecule has 0 saturated carbocycles. The van der Waals surface area contributed by atoms with Crippen molar-refractivity contribution >= 4 is 18.3 Å². The van der Waals surface area contributed by atoms with E-state index in [1.165, 1.54) is 0 Å². The van der Waals surface area contributed by atoms with Crippen LogP contribution in [0.15, 0.2) is 18.3 Å². The van der Waals surface area contributed by atoms with Gasteiger partial charge in [0.2, 0.25) is 0 Å². The molecule has 88 valence electrons. The van der Waals surface area contributed by atoms with Gasteiger partial charge in [0.15, 0.2) is 0 Å². The first kappa shape index (κ1) is 12.7. The van der Waals surface area contributed by atoms with E-state index in [-0.39, 0.29) is 24.4 Å². The van der Waals surface area contributed by atoms with Crippen LogP contribution in [0.5, 0.6) is 5.75 Å². The molecule has 16 heavy (non-hydrogen) atoms. The summed E-state index contributed by atoms with van der Waals surface area (Å²) in [7, 11) is 1.58. The summed E-state index contributed by atoms with van der Waals surface area (Å²) in [6, 6.07) is 3.41. The van der Waals surface area contributed by atoms with Crippen LogP contribution in [0.3, 0.4) is 0 Å². The number of aromatic nitrogens is 1. The highest BCUT2D eigenvalue weighted by Gasteiger charge is 2.18. The maximum Gasteiger partial charge on any atom is 0.269 e. The number of amides is 1. The predicted octanol–water partition coefficient (Wildman–Crippen LogP) is 0.214. The van der Waals surface area contributed by atoms with E-state index in [4.69, 9.17) is 4.74 Å². The Bertz CT molecular complexity index is 352. The number of ether oxygens (including phenoxy) is 1. The Morgan fingerprint density at radius 3 is 2.75 bits per heavy atom. The third kappa shape index (κ3) is 2.84. The second-order valence-electron chi connectivity index (χ2n) is 3.36. The zero-order valence-corrected chi connectivity index (χ0v) is 9.71. The monoisotopic (exact) mass is 243 g/mol. The van der Waals surface area contributed by atoms with Crippen molar-refractivity contribution in [3.05, 3.63) is 24.0 Å². The standard InChI is InChI=1S/C10H13N3O2.ClH/c1-11-10(14)9-3-2-7(6-13-9)15-8-4-12-5-8;/h2-3,6,8,12H,4-5H2,1H3,(H,11,14);1H. The zero-order valence-electron chi connectivity index (χ0n) is 8.90. The quantitative estimate of drug-likeness (QED) is 0.797. The van der Waals surface area contributed by atoms with Gasteiger partial charge in [0, 0.05) is 20.1 Å². The summed E-state index contributed by atoms with van der Waals surface area (Å²) >= 11 is 0. The highest BCUT2D eigenvalue weighted by Crippen LogP contribution is 2.12. The lowest BCUT2D eigenvalue weighted by molar-refractivity contribution is 0.0958.